The van der Waals surface area contributed by atoms with Crippen LogP contribution in [-0.2, 0) is 14.3 Å². The molecule has 1 aromatic carbocycles. The topological polar surface area (TPSA) is 55.4 Å². The third-order valence-electron chi connectivity index (χ3n) is 4.52. The Morgan fingerprint density at radius 2 is 2.08 bits per heavy atom. The Morgan fingerprint density at radius 1 is 1.32 bits per heavy atom. The molecule has 1 N–H and O–H groups in total. The van der Waals surface area contributed by atoms with E-state index in [1.807, 2.05) is 45.0 Å². The van der Waals surface area contributed by atoms with Gasteiger partial charge < -0.3 is 10.1 Å². The molecule has 5 heteroatoms. The van der Waals surface area contributed by atoms with Crippen molar-refractivity contribution in [3.8, 4) is 0 Å². The van der Waals surface area contributed by atoms with Crippen LogP contribution in [0.2, 0.25) is 0 Å². The van der Waals surface area contributed by atoms with Crippen molar-refractivity contribution < 1.29 is 14.3 Å². The molecule has 3 rings (SSSR count). The second-order valence-corrected chi connectivity index (χ2v) is 7.69. The number of hydrogen-bond donors (Lipinski definition) is 1. The number of Topliss-reactive ketones (excluding diaryl/α,β-unsaturated/α-hetero) is 1. The van der Waals surface area contributed by atoms with Crippen LogP contribution >= 0.6 is 15.9 Å². The van der Waals surface area contributed by atoms with E-state index in [0.717, 1.165) is 34.3 Å². The number of nitrogens with one attached hydrogen (secondary N) is 1. The van der Waals surface area contributed by atoms with Gasteiger partial charge in [0.1, 0.15) is 0 Å². The fourth-order valence-electron chi connectivity index (χ4n) is 3.55. The molecule has 132 valence electrons. The van der Waals surface area contributed by atoms with Crippen LogP contribution in [0.4, 0.5) is 0 Å². The van der Waals surface area contributed by atoms with Crippen molar-refractivity contribution >= 4 is 27.7 Å². The molecule has 0 amide bonds. The first-order valence-corrected chi connectivity index (χ1v) is 9.38. The number of ether oxygens (including phenoxy) is 1. The highest BCUT2D eigenvalue weighted by molar-refractivity contribution is 9.10. The predicted molar refractivity (Wildman–Crippen MR) is 99.8 cm³/mol. The summed E-state index contributed by atoms with van der Waals surface area (Å²) in [6, 6.07) is 7.79. The first-order chi connectivity index (χ1) is 11.9. The maximum absolute atomic E-state index is 12.8. The highest BCUT2D eigenvalue weighted by atomic mass is 79.9. The molecule has 1 aliphatic heterocycles. The van der Waals surface area contributed by atoms with Gasteiger partial charge in [-0.25, -0.2) is 4.79 Å². The maximum Gasteiger partial charge on any atom is 0.337 e. The lowest BCUT2D eigenvalue weighted by atomic mass is 9.75. The molecule has 0 unspecified atom stereocenters. The number of halogens is 1. The summed E-state index contributed by atoms with van der Waals surface area (Å²) in [7, 11) is 0. The van der Waals surface area contributed by atoms with Crippen LogP contribution < -0.4 is 5.32 Å². The van der Waals surface area contributed by atoms with Crippen molar-refractivity contribution in [2.75, 3.05) is 0 Å². The van der Waals surface area contributed by atoms with Gasteiger partial charge in [0.2, 0.25) is 0 Å². The van der Waals surface area contributed by atoms with Gasteiger partial charge in [0.15, 0.2) is 5.78 Å². The summed E-state index contributed by atoms with van der Waals surface area (Å²) >= 11 is 3.50. The highest BCUT2D eigenvalue weighted by Crippen LogP contribution is 2.43. The molecular formula is C20H22BrNO3. The van der Waals surface area contributed by atoms with E-state index in [-0.39, 0.29) is 23.8 Å². The zero-order valence-electron chi connectivity index (χ0n) is 14.7. The largest absolute Gasteiger partial charge is 0.460 e. The minimum absolute atomic E-state index is 0.112. The predicted octanol–water partition coefficient (Wildman–Crippen LogP) is 4.37. The van der Waals surface area contributed by atoms with Crippen LogP contribution in [0.25, 0.3) is 0 Å². The van der Waals surface area contributed by atoms with E-state index in [4.69, 9.17) is 4.74 Å². The van der Waals surface area contributed by atoms with E-state index in [1.54, 1.807) is 0 Å². The number of esters is 1. The van der Waals surface area contributed by atoms with Crippen molar-refractivity contribution in [2.45, 2.75) is 52.1 Å². The fourth-order valence-corrected chi connectivity index (χ4v) is 3.97. The SMILES string of the molecule is CC1=C(C(=O)OC(C)C)[C@@H](c2cccc(Br)c2)C2=C(CCCC2=O)N1. The second kappa shape index (κ2) is 7.16. The molecule has 1 atom stereocenters. The summed E-state index contributed by atoms with van der Waals surface area (Å²) < 4.78 is 6.39. The van der Waals surface area contributed by atoms with Gasteiger partial charge in [0.25, 0.3) is 0 Å². The lowest BCUT2D eigenvalue weighted by Crippen LogP contribution is -2.34. The molecular weight excluding hydrogens is 382 g/mol. The molecule has 4 nitrogen and oxygen atoms in total. The molecule has 0 saturated carbocycles. The van der Waals surface area contributed by atoms with Crippen LogP contribution in [0.5, 0.6) is 0 Å². The molecule has 2 aliphatic rings. The first-order valence-electron chi connectivity index (χ1n) is 8.59. The average molecular weight is 404 g/mol. The zero-order valence-corrected chi connectivity index (χ0v) is 16.3. The molecule has 0 saturated heterocycles. The fraction of sp³-hybridized carbons (Fsp3) is 0.400. The average Bonchev–Trinajstić information content (AvgIpc) is 2.53. The minimum atomic E-state index is -0.382. The third kappa shape index (κ3) is 3.56. The standard InChI is InChI=1S/C20H22BrNO3/c1-11(2)25-20(24)17-12(3)22-15-8-5-9-16(23)19(15)18(17)13-6-4-7-14(21)10-13/h4,6-7,10-11,18,22H,5,8-9H2,1-3H3/t18-/m1/s1. The van der Waals surface area contributed by atoms with Crippen molar-refractivity contribution in [2.24, 2.45) is 0 Å². The summed E-state index contributed by atoms with van der Waals surface area (Å²) in [5, 5.41) is 3.29. The zero-order chi connectivity index (χ0) is 18.1. The summed E-state index contributed by atoms with van der Waals surface area (Å²) in [5.74, 6) is -0.635. The number of benzene rings is 1. The maximum atomic E-state index is 12.8. The smallest absolute Gasteiger partial charge is 0.337 e. The van der Waals surface area contributed by atoms with E-state index in [1.165, 1.54) is 0 Å². The Kier molecular flexibility index (Phi) is 5.13. The number of dihydropyridines is 1. The molecule has 1 aliphatic carbocycles. The van der Waals surface area contributed by atoms with Crippen LogP contribution in [-0.4, -0.2) is 17.9 Å². The Hall–Kier alpha value is -1.88. The Morgan fingerprint density at radius 3 is 2.76 bits per heavy atom. The van der Waals surface area contributed by atoms with Gasteiger partial charge in [-0.3, -0.25) is 4.79 Å². The van der Waals surface area contributed by atoms with Crippen molar-refractivity contribution in [1.29, 1.82) is 0 Å². The number of rotatable bonds is 3. The van der Waals surface area contributed by atoms with Gasteiger partial charge in [-0.1, -0.05) is 28.1 Å². The van der Waals surface area contributed by atoms with Gasteiger partial charge in [0.05, 0.1) is 11.7 Å². The van der Waals surface area contributed by atoms with Crippen LogP contribution in [0.3, 0.4) is 0 Å². The first kappa shape index (κ1) is 17.9. The molecule has 25 heavy (non-hydrogen) atoms. The summed E-state index contributed by atoms with van der Waals surface area (Å²) in [4.78, 5) is 25.5. The van der Waals surface area contributed by atoms with Crippen molar-refractivity contribution in [3.63, 3.8) is 0 Å². The quantitative estimate of drug-likeness (QED) is 0.761. The van der Waals surface area contributed by atoms with E-state index < -0.39 is 0 Å². The Labute approximate surface area is 156 Å². The van der Waals surface area contributed by atoms with Crippen molar-refractivity contribution in [1.82, 2.24) is 5.32 Å². The molecule has 0 spiro atoms. The lowest BCUT2D eigenvalue weighted by molar-refractivity contribution is -0.143. The van der Waals surface area contributed by atoms with Gasteiger partial charge >= 0.3 is 5.97 Å². The van der Waals surface area contributed by atoms with Crippen LogP contribution in [0.15, 0.2) is 51.3 Å². The summed E-state index contributed by atoms with van der Waals surface area (Å²) in [5.41, 5.74) is 3.88. The lowest BCUT2D eigenvalue weighted by Gasteiger charge is -2.34. The number of ketones is 1. The normalized spacial score (nSPS) is 20.5. The second-order valence-electron chi connectivity index (χ2n) is 6.77. The minimum Gasteiger partial charge on any atom is -0.460 e. The molecule has 0 fully saturated rings. The number of carbonyl (C=O) groups is 2. The Bertz CT molecular complexity index is 792. The monoisotopic (exact) mass is 403 g/mol. The third-order valence-corrected chi connectivity index (χ3v) is 5.01. The number of hydrogen-bond acceptors (Lipinski definition) is 4. The van der Waals surface area contributed by atoms with E-state index in [9.17, 15) is 9.59 Å². The van der Waals surface area contributed by atoms with E-state index in [2.05, 4.69) is 21.2 Å². The molecule has 0 radical (unpaired) electrons. The van der Waals surface area contributed by atoms with Gasteiger partial charge in [0, 0.05) is 33.8 Å². The van der Waals surface area contributed by atoms with E-state index >= 15 is 0 Å². The molecule has 0 bridgehead atoms. The molecule has 1 heterocycles. The van der Waals surface area contributed by atoms with Crippen molar-refractivity contribution in [3.05, 3.63) is 56.8 Å². The highest BCUT2D eigenvalue weighted by Gasteiger charge is 2.39. The molecule has 1 aromatic rings. The number of allylic oxidation sites excluding steroid dienone is 3. The van der Waals surface area contributed by atoms with E-state index in [0.29, 0.717) is 17.6 Å². The summed E-state index contributed by atoms with van der Waals surface area (Å²) in [6.45, 7) is 5.54. The number of carbonyl (C=O) groups excluding carboxylic acids is 2. The van der Waals surface area contributed by atoms with Gasteiger partial charge in [-0.15, -0.1) is 0 Å². The summed E-state index contributed by atoms with van der Waals surface area (Å²) in [6.07, 6.45) is 1.98. The molecule has 0 aromatic heterocycles. The van der Waals surface area contributed by atoms with Crippen LogP contribution in [0.1, 0.15) is 51.5 Å². The van der Waals surface area contributed by atoms with Gasteiger partial charge in [-0.05, 0) is 51.3 Å². The van der Waals surface area contributed by atoms with Crippen LogP contribution in [0, 0.1) is 0 Å². The Balaban J connectivity index is 2.15. The van der Waals surface area contributed by atoms with Gasteiger partial charge in [-0.2, -0.15) is 0 Å².